The fourth-order valence-corrected chi connectivity index (χ4v) is 10.3. The second-order valence-corrected chi connectivity index (χ2v) is 18.6. The summed E-state index contributed by atoms with van der Waals surface area (Å²) in [5, 5.41) is 0. The van der Waals surface area contributed by atoms with E-state index in [-0.39, 0.29) is 0 Å². The van der Waals surface area contributed by atoms with Crippen molar-refractivity contribution in [1.29, 1.82) is 0 Å². The van der Waals surface area contributed by atoms with Gasteiger partial charge in [0.2, 0.25) is 0 Å². The SMILES string of the molecule is c1ccc(-c2c(-c3cccc(N(c4ccccc4)c4ccc(N(c5ccccc5)c5ccccc5)cc4)c3)cccc2-c2cccc(N(c3ccccc3)c3ccc(N(c4ccccc4)c4ccccc4)cc3)c2)cc1. The Morgan fingerprint density at radius 1 is 0.145 bits per heavy atom. The zero-order valence-corrected chi connectivity index (χ0v) is 42.0. The van der Waals surface area contributed by atoms with Gasteiger partial charge in [0.25, 0.3) is 0 Å². The van der Waals surface area contributed by atoms with Crippen molar-refractivity contribution in [1.82, 2.24) is 0 Å². The molecule has 0 aromatic heterocycles. The Bertz CT molecular complexity index is 3470. The summed E-state index contributed by atoms with van der Waals surface area (Å²) in [6, 6.07) is 117. The Balaban J connectivity index is 0.933. The monoisotopic (exact) mass is 974 g/mol. The summed E-state index contributed by atoms with van der Waals surface area (Å²) >= 11 is 0. The van der Waals surface area contributed by atoms with Crippen LogP contribution in [0.2, 0.25) is 0 Å². The quantitative estimate of drug-likeness (QED) is 0.101. The molecule has 0 aliphatic rings. The topological polar surface area (TPSA) is 13.0 Å². The molecular weight excluding hydrogens is 921 g/mol. The second kappa shape index (κ2) is 21.9. The van der Waals surface area contributed by atoms with Crippen LogP contribution in [0.3, 0.4) is 0 Å². The second-order valence-electron chi connectivity index (χ2n) is 18.6. The molecular formula is C72H54N4. The van der Waals surface area contributed by atoms with E-state index in [2.05, 4.69) is 347 Å². The highest BCUT2D eigenvalue weighted by molar-refractivity contribution is 5.96. The van der Waals surface area contributed by atoms with Crippen LogP contribution in [-0.2, 0) is 0 Å². The molecule has 0 heterocycles. The van der Waals surface area contributed by atoms with Crippen LogP contribution in [0.5, 0.6) is 0 Å². The molecule has 0 radical (unpaired) electrons. The van der Waals surface area contributed by atoms with E-state index in [1.807, 2.05) is 0 Å². The first-order valence-corrected chi connectivity index (χ1v) is 25.8. The molecule has 0 unspecified atom stereocenters. The van der Waals surface area contributed by atoms with Crippen LogP contribution in [0, 0.1) is 0 Å². The van der Waals surface area contributed by atoms with Crippen LogP contribution >= 0.6 is 0 Å². The normalized spacial score (nSPS) is 10.9. The predicted octanol–water partition coefficient (Wildman–Crippen LogP) is 20.6. The van der Waals surface area contributed by atoms with E-state index in [1.54, 1.807) is 0 Å². The van der Waals surface area contributed by atoms with E-state index in [1.165, 1.54) is 5.56 Å². The average Bonchev–Trinajstić information content (AvgIpc) is 3.50. The van der Waals surface area contributed by atoms with E-state index in [0.717, 1.165) is 96.1 Å². The van der Waals surface area contributed by atoms with Gasteiger partial charge in [0.05, 0.1) is 0 Å². The molecule has 0 aliphatic carbocycles. The van der Waals surface area contributed by atoms with Crippen molar-refractivity contribution in [3.05, 3.63) is 328 Å². The summed E-state index contributed by atoms with van der Waals surface area (Å²) in [7, 11) is 0. The molecule has 362 valence electrons. The van der Waals surface area contributed by atoms with Crippen molar-refractivity contribution >= 4 is 68.2 Å². The van der Waals surface area contributed by atoms with Gasteiger partial charge < -0.3 is 19.6 Å². The summed E-state index contributed by atoms with van der Waals surface area (Å²) < 4.78 is 0. The van der Waals surface area contributed by atoms with Gasteiger partial charge in [-0.1, -0.05) is 182 Å². The third-order valence-corrected chi connectivity index (χ3v) is 13.8. The molecule has 0 fully saturated rings. The van der Waals surface area contributed by atoms with E-state index >= 15 is 0 Å². The Labute approximate surface area is 446 Å². The third-order valence-electron chi connectivity index (χ3n) is 13.8. The van der Waals surface area contributed by atoms with Gasteiger partial charge in [-0.15, -0.1) is 0 Å². The maximum absolute atomic E-state index is 2.35. The smallest absolute Gasteiger partial charge is 0.0467 e. The maximum Gasteiger partial charge on any atom is 0.0467 e. The van der Waals surface area contributed by atoms with Crippen molar-refractivity contribution in [3.8, 4) is 33.4 Å². The highest BCUT2D eigenvalue weighted by Crippen LogP contribution is 2.46. The minimum absolute atomic E-state index is 1.06. The molecule has 0 bridgehead atoms. The van der Waals surface area contributed by atoms with Crippen LogP contribution in [-0.4, -0.2) is 0 Å². The number of hydrogen-bond acceptors (Lipinski definition) is 4. The first-order chi connectivity index (χ1) is 37.7. The van der Waals surface area contributed by atoms with Crippen LogP contribution in [0.25, 0.3) is 33.4 Å². The molecule has 12 aromatic rings. The highest BCUT2D eigenvalue weighted by atomic mass is 15.2. The summed E-state index contributed by atoms with van der Waals surface area (Å²) in [6.07, 6.45) is 0. The van der Waals surface area contributed by atoms with E-state index < -0.39 is 0 Å². The van der Waals surface area contributed by atoms with Gasteiger partial charge in [0.15, 0.2) is 0 Å². The molecule has 0 spiro atoms. The lowest BCUT2D eigenvalue weighted by Crippen LogP contribution is -2.12. The minimum atomic E-state index is 1.06. The first-order valence-electron chi connectivity index (χ1n) is 25.8. The van der Waals surface area contributed by atoms with Gasteiger partial charge in [0, 0.05) is 68.2 Å². The van der Waals surface area contributed by atoms with Crippen molar-refractivity contribution < 1.29 is 0 Å². The molecule has 12 aromatic carbocycles. The molecule has 0 amide bonds. The number of anilines is 12. The first kappa shape index (κ1) is 46.9. The molecule has 0 N–H and O–H groups in total. The van der Waals surface area contributed by atoms with Gasteiger partial charge in [0.1, 0.15) is 0 Å². The van der Waals surface area contributed by atoms with Crippen LogP contribution in [0.1, 0.15) is 0 Å². The Hall–Kier alpha value is -10.2. The average molecular weight is 975 g/mol. The number of nitrogens with zero attached hydrogens (tertiary/aromatic N) is 4. The number of hydrogen-bond donors (Lipinski definition) is 0. The Morgan fingerprint density at radius 3 is 0.618 bits per heavy atom. The molecule has 76 heavy (non-hydrogen) atoms. The van der Waals surface area contributed by atoms with Gasteiger partial charge in [-0.3, -0.25) is 0 Å². The lowest BCUT2D eigenvalue weighted by atomic mass is 9.87. The standard InChI is InChI=1S/C72H54N4/c1-8-25-55(26-9-1)72-70(56-27-22-41-68(53-56)75(62-37-18-6-19-38-62)66-49-45-64(46-50-66)73(58-29-10-2-11-30-58)59-31-12-3-13-32-59)43-24-44-71(72)57-28-23-42-69(54-57)76(63-39-20-7-21-40-63)67-51-47-65(48-52-67)74(60-33-14-4-15-34-60)61-35-16-5-17-36-61/h1-54H. The van der Waals surface area contributed by atoms with Gasteiger partial charge >= 0.3 is 0 Å². The highest BCUT2D eigenvalue weighted by Gasteiger charge is 2.21. The Morgan fingerprint density at radius 2 is 0.342 bits per heavy atom. The van der Waals surface area contributed by atoms with Crippen LogP contribution < -0.4 is 19.6 Å². The molecule has 4 heteroatoms. The predicted molar refractivity (Wildman–Crippen MR) is 321 cm³/mol. The zero-order chi connectivity index (χ0) is 50.9. The minimum Gasteiger partial charge on any atom is -0.311 e. The molecule has 4 nitrogen and oxygen atoms in total. The van der Waals surface area contributed by atoms with Gasteiger partial charge in [-0.2, -0.15) is 0 Å². The van der Waals surface area contributed by atoms with Crippen molar-refractivity contribution in [2.24, 2.45) is 0 Å². The lowest BCUT2D eigenvalue weighted by Gasteiger charge is -2.29. The Kier molecular flexibility index (Phi) is 13.5. The van der Waals surface area contributed by atoms with Gasteiger partial charge in [-0.05, 0) is 179 Å². The van der Waals surface area contributed by atoms with E-state index in [9.17, 15) is 0 Å². The summed E-state index contributed by atoms with van der Waals surface area (Å²) in [5.74, 6) is 0. The van der Waals surface area contributed by atoms with E-state index in [4.69, 9.17) is 0 Å². The van der Waals surface area contributed by atoms with Crippen LogP contribution in [0.15, 0.2) is 328 Å². The lowest BCUT2D eigenvalue weighted by molar-refractivity contribution is 1.26. The fourth-order valence-electron chi connectivity index (χ4n) is 10.3. The van der Waals surface area contributed by atoms with Gasteiger partial charge in [-0.25, -0.2) is 0 Å². The number of para-hydroxylation sites is 6. The zero-order valence-electron chi connectivity index (χ0n) is 42.0. The van der Waals surface area contributed by atoms with E-state index in [0.29, 0.717) is 0 Å². The molecule has 0 saturated carbocycles. The molecule has 0 aliphatic heterocycles. The molecule has 0 atom stereocenters. The van der Waals surface area contributed by atoms with Crippen LogP contribution in [0.4, 0.5) is 68.2 Å². The maximum atomic E-state index is 2.35. The largest absolute Gasteiger partial charge is 0.311 e. The third kappa shape index (κ3) is 9.87. The van der Waals surface area contributed by atoms with Crippen molar-refractivity contribution in [2.75, 3.05) is 19.6 Å². The number of rotatable bonds is 15. The summed E-state index contributed by atoms with van der Waals surface area (Å²) in [5.41, 5.74) is 19.8. The van der Waals surface area contributed by atoms with Crippen molar-refractivity contribution in [2.45, 2.75) is 0 Å². The molecule has 0 saturated heterocycles. The fraction of sp³-hybridized carbons (Fsp3) is 0. The number of benzene rings is 12. The summed E-state index contributed by atoms with van der Waals surface area (Å²) in [6.45, 7) is 0. The molecule has 12 rings (SSSR count). The van der Waals surface area contributed by atoms with Crippen molar-refractivity contribution in [3.63, 3.8) is 0 Å². The summed E-state index contributed by atoms with van der Waals surface area (Å²) in [4.78, 5) is 9.30.